The van der Waals surface area contributed by atoms with Gasteiger partial charge in [0.2, 0.25) is 0 Å². The van der Waals surface area contributed by atoms with Gasteiger partial charge in [0, 0.05) is 16.5 Å². The van der Waals surface area contributed by atoms with Crippen LogP contribution in [0.4, 0.5) is 20.2 Å². The van der Waals surface area contributed by atoms with Crippen LogP contribution in [0.15, 0.2) is 107 Å². The first kappa shape index (κ1) is 24.9. The summed E-state index contributed by atoms with van der Waals surface area (Å²) < 4.78 is 30.0. The standard InChI is InChI=1S/C26H20F2N2S2.Ni/c27-19-11-3-1-9-17(19)25(29-21-13-5-7-15-23(21)31)26(18-10-2-4-12-20(18)28)30-22-14-6-8-16-24(22)32;/h1-16,25-26,31-32H;/q-2;/p-2. The van der Waals surface area contributed by atoms with Crippen molar-refractivity contribution >= 4 is 36.6 Å². The van der Waals surface area contributed by atoms with Gasteiger partial charge >= 0.3 is 0 Å². The van der Waals surface area contributed by atoms with Crippen LogP contribution in [0.3, 0.4) is 0 Å². The second kappa shape index (κ2) is 11.4. The molecular weight excluding hydrogens is 501 g/mol. The fourth-order valence-corrected chi connectivity index (χ4v) is 3.88. The number of halogens is 2. The Morgan fingerprint density at radius 3 is 1.21 bits per heavy atom. The van der Waals surface area contributed by atoms with Gasteiger partial charge in [-0.25, -0.2) is 8.78 Å². The van der Waals surface area contributed by atoms with Crippen LogP contribution in [0.25, 0.3) is 10.6 Å². The van der Waals surface area contributed by atoms with Gasteiger partial charge in [-0.05, 0) is 23.3 Å². The molecule has 2 nitrogen and oxygen atoms in total. The molecule has 0 aromatic heterocycles. The van der Waals surface area contributed by atoms with E-state index in [-0.39, 0.29) is 16.5 Å². The summed E-state index contributed by atoms with van der Waals surface area (Å²) in [7, 11) is 0. The molecule has 0 saturated heterocycles. The predicted molar refractivity (Wildman–Crippen MR) is 128 cm³/mol. The van der Waals surface area contributed by atoms with Crippen LogP contribution >= 0.6 is 0 Å². The number of benzene rings is 4. The topological polar surface area (TPSA) is 28.2 Å². The zero-order chi connectivity index (χ0) is 22.5. The maximum Gasteiger partial charge on any atom is 0.125 e. The molecule has 0 saturated carbocycles. The zero-order valence-electron chi connectivity index (χ0n) is 17.2. The van der Waals surface area contributed by atoms with Crippen LogP contribution in [0.5, 0.6) is 0 Å². The molecule has 0 spiro atoms. The summed E-state index contributed by atoms with van der Waals surface area (Å²) >= 11 is 10.8. The van der Waals surface area contributed by atoms with Crippen molar-refractivity contribution in [2.45, 2.75) is 21.9 Å². The van der Waals surface area contributed by atoms with Crippen LogP contribution in [0.2, 0.25) is 0 Å². The van der Waals surface area contributed by atoms with Crippen LogP contribution in [0, 0.1) is 11.6 Å². The third-order valence-corrected chi connectivity index (χ3v) is 5.72. The Bertz CT molecular complexity index is 1130. The van der Waals surface area contributed by atoms with Crippen LogP contribution < -0.4 is 0 Å². The molecule has 4 rings (SSSR count). The molecule has 2 unspecified atom stereocenters. The van der Waals surface area contributed by atoms with Crippen LogP contribution in [-0.4, -0.2) is 0 Å². The molecule has 0 radical (unpaired) electrons. The Labute approximate surface area is 213 Å². The Morgan fingerprint density at radius 2 is 0.848 bits per heavy atom. The van der Waals surface area contributed by atoms with E-state index >= 15 is 0 Å². The van der Waals surface area contributed by atoms with E-state index in [1.165, 1.54) is 12.1 Å². The van der Waals surface area contributed by atoms with Crippen molar-refractivity contribution in [2.24, 2.45) is 0 Å². The van der Waals surface area contributed by atoms with E-state index in [0.717, 1.165) is 0 Å². The number of hydrogen-bond acceptors (Lipinski definition) is 2. The van der Waals surface area contributed by atoms with Crippen molar-refractivity contribution in [3.8, 4) is 0 Å². The molecule has 172 valence electrons. The van der Waals surface area contributed by atoms with Gasteiger partial charge in [-0.2, -0.15) is 21.2 Å². The Hall–Kier alpha value is -2.73. The van der Waals surface area contributed by atoms with Crippen molar-refractivity contribution < 1.29 is 25.3 Å². The molecule has 0 bridgehead atoms. The molecule has 0 aliphatic heterocycles. The van der Waals surface area contributed by atoms with Gasteiger partial charge in [0.25, 0.3) is 0 Å². The maximum absolute atomic E-state index is 15.0. The second-order valence-electron chi connectivity index (χ2n) is 7.13. The zero-order valence-corrected chi connectivity index (χ0v) is 19.8. The molecular formula is C26H18F2N2NiS2-4. The van der Waals surface area contributed by atoms with Gasteiger partial charge in [-0.1, -0.05) is 97.0 Å². The smallest absolute Gasteiger partial charge is 0.125 e. The molecule has 7 heteroatoms. The monoisotopic (exact) mass is 518 g/mol. The van der Waals surface area contributed by atoms with E-state index in [9.17, 15) is 8.78 Å². The first-order valence-electron chi connectivity index (χ1n) is 9.97. The summed E-state index contributed by atoms with van der Waals surface area (Å²) in [5, 5.41) is 9.59. The molecule has 0 aliphatic rings. The van der Waals surface area contributed by atoms with E-state index in [2.05, 4.69) is 0 Å². The third-order valence-electron chi connectivity index (χ3n) is 5.03. The average Bonchev–Trinajstić information content (AvgIpc) is 2.80. The molecule has 0 N–H and O–H groups in total. The molecule has 33 heavy (non-hydrogen) atoms. The average molecular weight is 519 g/mol. The van der Waals surface area contributed by atoms with Crippen molar-refractivity contribution in [2.75, 3.05) is 0 Å². The van der Waals surface area contributed by atoms with Crippen LogP contribution in [0.1, 0.15) is 23.2 Å². The minimum absolute atomic E-state index is 0. The van der Waals surface area contributed by atoms with E-state index in [4.69, 9.17) is 35.9 Å². The summed E-state index contributed by atoms with van der Waals surface area (Å²) in [4.78, 5) is 1.04. The van der Waals surface area contributed by atoms with Gasteiger partial charge in [-0.3, -0.25) is 0 Å². The van der Waals surface area contributed by atoms with Gasteiger partial charge in [0.1, 0.15) is 11.6 Å². The minimum atomic E-state index is -0.869. The summed E-state index contributed by atoms with van der Waals surface area (Å²) in [5.74, 6) is -0.905. The molecule has 2 atom stereocenters. The molecule has 4 aromatic rings. The Kier molecular flexibility index (Phi) is 8.62. The van der Waals surface area contributed by atoms with Crippen LogP contribution in [-0.2, 0) is 41.7 Å². The van der Waals surface area contributed by atoms with E-state index in [1.54, 1.807) is 72.8 Å². The van der Waals surface area contributed by atoms with E-state index in [1.807, 2.05) is 12.1 Å². The number of para-hydroxylation sites is 2. The molecule has 0 heterocycles. The van der Waals surface area contributed by atoms with Crippen molar-refractivity contribution in [3.05, 3.63) is 130 Å². The fourth-order valence-electron chi connectivity index (χ4n) is 3.48. The largest absolute Gasteiger partial charge is 0.781 e. The van der Waals surface area contributed by atoms with E-state index in [0.29, 0.717) is 32.3 Å². The molecule has 4 aromatic carbocycles. The Balaban J connectivity index is 0.00000306. The normalized spacial score (nSPS) is 12.3. The van der Waals surface area contributed by atoms with Crippen molar-refractivity contribution in [1.82, 2.24) is 0 Å². The Morgan fingerprint density at radius 1 is 0.515 bits per heavy atom. The third kappa shape index (κ3) is 5.80. The number of nitrogens with zero attached hydrogens (tertiary/aromatic N) is 2. The second-order valence-corrected chi connectivity index (χ2v) is 8.01. The minimum Gasteiger partial charge on any atom is -0.781 e. The van der Waals surface area contributed by atoms with Crippen molar-refractivity contribution in [3.63, 3.8) is 0 Å². The maximum atomic E-state index is 15.0. The summed E-state index contributed by atoms with van der Waals surface area (Å²) in [6, 6.07) is 25.2. The SMILES string of the molecule is Fc1ccccc1C([N-]c1ccccc1[S-])C([N-]c1ccccc1[S-])c1ccccc1F.[Ni]. The summed E-state index contributed by atoms with van der Waals surface area (Å²) in [6.07, 6.45) is 0. The molecule has 0 fully saturated rings. The quantitative estimate of drug-likeness (QED) is 0.183. The van der Waals surface area contributed by atoms with Gasteiger partial charge in [-0.15, -0.1) is 0 Å². The van der Waals surface area contributed by atoms with E-state index < -0.39 is 23.7 Å². The van der Waals surface area contributed by atoms with Crippen molar-refractivity contribution in [1.29, 1.82) is 0 Å². The fraction of sp³-hybridized carbons (Fsp3) is 0.0769. The predicted octanol–water partition coefficient (Wildman–Crippen LogP) is 7.97. The summed E-state index contributed by atoms with van der Waals surface area (Å²) in [6.45, 7) is 0. The first-order chi connectivity index (χ1) is 15.5. The number of rotatable bonds is 7. The van der Waals surface area contributed by atoms with Gasteiger partial charge in [0.15, 0.2) is 0 Å². The molecule has 0 amide bonds. The first-order valence-corrected chi connectivity index (χ1v) is 10.8. The van der Waals surface area contributed by atoms with Gasteiger partial charge in [0.05, 0.1) is 0 Å². The molecule has 0 aliphatic carbocycles. The summed E-state index contributed by atoms with van der Waals surface area (Å²) in [5.41, 5.74) is 1.62. The van der Waals surface area contributed by atoms with Gasteiger partial charge < -0.3 is 35.9 Å². The number of hydrogen-bond donors (Lipinski definition) is 0.